The normalized spacial score (nSPS) is 10.8. The third-order valence-electron chi connectivity index (χ3n) is 2.14. The third kappa shape index (κ3) is 1.21. The van der Waals surface area contributed by atoms with E-state index in [1.165, 1.54) is 19.1 Å². The van der Waals surface area contributed by atoms with Crippen LogP contribution >= 0.6 is 0 Å². The van der Waals surface area contributed by atoms with Gasteiger partial charge < -0.3 is 4.42 Å². The Kier molecular flexibility index (Phi) is 1.88. The summed E-state index contributed by atoms with van der Waals surface area (Å²) in [5.74, 6) is 0.0847. The van der Waals surface area contributed by atoms with Crippen molar-refractivity contribution in [3.8, 4) is 0 Å². The first-order valence-electron chi connectivity index (χ1n) is 4.29. The van der Waals surface area contributed by atoms with Crippen LogP contribution in [0.3, 0.4) is 0 Å². The SMILES string of the molecule is CC(=O)c1ccc(F)c2oc(C)cc12. The maximum absolute atomic E-state index is 13.2. The monoisotopic (exact) mass is 192 g/mol. The highest BCUT2D eigenvalue weighted by molar-refractivity contribution is 6.06. The lowest BCUT2D eigenvalue weighted by Gasteiger charge is -1.97. The molecule has 0 unspecified atom stereocenters. The first kappa shape index (κ1) is 8.94. The number of carbonyl (C=O) groups is 1. The Morgan fingerprint density at radius 2 is 2.14 bits per heavy atom. The van der Waals surface area contributed by atoms with Gasteiger partial charge in [0.05, 0.1) is 0 Å². The molecule has 0 aliphatic carbocycles. The van der Waals surface area contributed by atoms with E-state index in [-0.39, 0.29) is 11.4 Å². The van der Waals surface area contributed by atoms with E-state index in [0.29, 0.717) is 16.7 Å². The second-order valence-corrected chi connectivity index (χ2v) is 3.25. The summed E-state index contributed by atoms with van der Waals surface area (Å²) in [6.07, 6.45) is 0. The molecule has 2 aromatic rings. The van der Waals surface area contributed by atoms with E-state index < -0.39 is 5.82 Å². The number of furan rings is 1. The average molecular weight is 192 g/mol. The van der Waals surface area contributed by atoms with Crippen molar-refractivity contribution in [2.75, 3.05) is 0 Å². The summed E-state index contributed by atoms with van der Waals surface area (Å²) < 4.78 is 18.4. The molecule has 0 saturated carbocycles. The second-order valence-electron chi connectivity index (χ2n) is 3.25. The Labute approximate surface area is 80.3 Å². The number of Topliss-reactive ketones (excluding diaryl/α,β-unsaturated/α-hetero) is 1. The molecule has 2 rings (SSSR count). The summed E-state index contributed by atoms with van der Waals surface area (Å²) in [5, 5.41) is 0.551. The fraction of sp³-hybridized carbons (Fsp3) is 0.182. The molecule has 1 heterocycles. The van der Waals surface area contributed by atoms with E-state index in [1.54, 1.807) is 13.0 Å². The summed E-state index contributed by atoms with van der Waals surface area (Å²) in [7, 11) is 0. The highest BCUT2D eigenvalue weighted by Crippen LogP contribution is 2.25. The molecule has 1 aromatic carbocycles. The van der Waals surface area contributed by atoms with Gasteiger partial charge in [0.2, 0.25) is 0 Å². The molecular formula is C11H9FO2. The number of rotatable bonds is 1. The molecule has 0 fully saturated rings. The van der Waals surface area contributed by atoms with Crippen LogP contribution in [0.5, 0.6) is 0 Å². The number of hydrogen-bond donors (Lipinski definition) is 0. The van der Waals surface area contributed by atoms with Crippen LogP contribution in [0.4, 0.5) is 4.39 Å². The van der Waals surface area contributed by atoms with E-state index in [2.05, 4.69) is 0 Å². The minimum Gasteiger partial charge on any atom is -0.458 e. The van der Waals surface area contributed by atoms with Gasteiger partial charge in [0.1, 0.15) is 5.76 Å². The number of benzene rings is 1. The molecule has 72 valence electrons. The minimum absolute atomic E-state index is 0.0872. The predicted octanol–water partition coefficient (Wildman–Crippen LogP) is 3.08. The number of fused-ring (bicyclic) bond motifs is 1. The van der Waals surface area contributed by atoms with E-state index in [1.807, 2.05) is 0 Å². The molecule has 0 amide bonds. The summed E-state index contributed by atoms with van der Waals surface area (Å²) in [6, 6.07) is 4.41. The van der Waals surface area contributed by atoms with Gasteiger partial charge in [-0.1, -0.05) is 0 Å². The second kappa shape index (κ2) is 2.94. The van der Waals surface area contributed by atoms with Crippen LogP contribution in [0.1, 0.15) is 23.0 Å². The maximum atomic E-state index is 13.2. The van der Waals surface area contributed by atoms with Gasteiger partial charge >= 0.3 is 0 Å². The van der Waals surface area contributed by atoms with Crippen molar-refractivity contribution in [2.24, 2.45) is 0 Å². The zero-order valence-electron chi connectivity index (χ0n) is 7.93. The zero-order valence-corrected chi connectivity index (χ0v) is 7.93. The van der Waals surface area contributed by atoms with Crippen LogP contribution < -0.4 is 0 Å². The molecule has 0 bridgehead atoms. The molecule has 2 nitrogen and oxygen atoms in total. The van der Waals surface area contributed by atoms with Gasteiger partial charge in [-0.15, -0.1) is 0 Å². The topological polar surface area (TPSA) is 30.2 Å². The van der Waals surface area contributed by atoms with Gasteiger partial charge in [-0.2, -0.15) is 0 Å². The van der Waals surface area contributed by atoms with Crippen molar-refractivity contribution in [1.29, 1.82) is 0 Å². The van der Waals surface area contributed by atoms with Gasteiger partial charge in [0, 0.05) is 10.9 Å². The summed E-state index contributed by atoms with van der Waals surface area (Å²) in [5.41, 5.74) is 0.661. The van der Waals surface area contributed by atoms with Crippen LogP contribution in [0, 0.1) is 12.7 Å². The van der Waals surface area contributed by atoms with Crippen LogP contribution in [-0.4, -0.2) is 5.78 Å². The smallest absolute Gasteiger partial charge is 0.170 e. The van der Waals surface area contributed by atoms with Gasteiger partial charge in [-0.3, -0.25) is 4.79 Å². The molecule has 0 saturated heterocycles. The number of aryl methyl sites for hydroxylation is 1. The standard InChI is InChI=1S/C11H9FO2/c1-6-5-9-8(7(2)13)3-4-10(12)11(9)14-6/h3-5H,1-2H3. The zero-order chi connectivity index (χ0) is 10.3. The molecule has 0 N–H and O–H groups in total. The number of ketones is 1. The van der Waals surface area contributed by atoms with E-state index >= 15 is 0 Å². The van der Waals surface area contributed by atoms with Crippen molar-refractivity contribution in [3.05, 3.63) is 35.3 Å². The van der Waals surface area contributed by atoms with Gasteiger partial charge in [-0.25, -0.2) is 4.39 Å². The van der Waals surface area contributed by atoms with Crippen molar-refractivity contribution in [3.63, 3.8) is 0 Å². The molecule has 1 aromatic heterocycles. The quantitative estimate of drug-likeness (QED) is 0.650. The average Bonchev–Trinajstić information content (AvgIpc) is 2.47. The lowest BCUT2D eigenvalue weighted by Crippen LogP contribution is -1.92. The molecular weight excluding hydrogens is 183 g/mol. The summed E-state index contributed by atoms with van der Waals surface area (Å²) >= 11 is 0. The summed E-state index contributed by atoms with van der Waals surface area (Å²) in [4.78, 5) is 11.2. The van der Waals surface area contributed by atoms with Gasteiger partial charge in [-0.05, 0) is 32.0 Å². The molecule has 0 radical (unpaired) electrons. The number of halogens is 1. The Morgan fingerprint density at radius 3 is 2.79 bits per heavy atom. The van der Waals surface area contributed by atoms with E-state index in [0.717, 1.165) is 0 Å². The Bertz CT molecular complexity index is 511. The molecule has 0 aliphatic heterocycles. The first-order chi connectivity index (χ1) is 6.59. The highest BCUT2D eigenvalue weighted by atomic mass is 19.1. The molecule has 0 spiro atoms. The Balaban J connectivity index is 2.87. The van der Waals surface area contributed by atoms with Crippen molar-refractivity contribution in [2.45, 2.75) is 13.8 Å². The maximum Gasteiger partial charge on any atom is 0.170 e. The fourth-order valence-corrected chi connectivity index (χ4v) is 1.52. The van der Waals surface area contributed by atoms with E-state index in [9.17, 15) is 9.18 Å². The molecule has 3 heteroatoms. The van der Waals surface area contributed by atoms with Crippen LogP contribution in [0.15, 0.2) is 22.6 Å². The largest absolute Gasteiger partial charge is 0.458 e. The Hall–Kier alpha value is -1.64. The van der Waals surface area contributed by atoms with Crippen molar-refractivity contribution in [1.82, 2.24) is 0 Å². The van der Waals surface area contributed by atoms with Crippen LogP contribution in [0.25, 0.3) is 11.0 Å². The predicted molar refractivity (Wildman–Crippen MR) is 50.9 cm³/mol. The van der Waals surface area contributed by atoms with Crippen LogP contribution in [-0.2, 0) is 0 Å². The van der Waals surface area contributed by atoms with Crippen molar-refractivity contribution < 1.29 is 13.6 Å². The first-order valence-corrected chi connectivity index (χ1v) is 4.29. The van der Waals surface area contributed by atoms with Gasteiger partial charge in [0.25, 0.3) is 0 Å². The lowest BCUT2D eigenvalue weighted by atomic mass is 10.1. The minimum atomic E-state index is -0.432. The molecule has 14 heavy (non-hydrogen) atoms. The van der Waals surface area contributed by atoms with E-state index in [4.69, 9.17) is 4.42 Å². The molecule has 0 atom stereocenters. The highest BCUT2D eigenvalue weighted by Gasteiger charge is 2.12. The fourth-order valence-electron chi connectivity index (χ4n) is 1.52. The van der Waals surface area contributed by atoms with Gasteiger partial charge in [0.15, 0.2) is 17.2 Å². The number of hydrogen-bond acceptors (Lipinski definition) is 2. The van der Waals surface area contributed by atoms with Crippen LogP contribution in [0.2, 0.25) is 0 Å². The third-order valence-corrected chi connectivity index (χ3v) is 2.14. The van der Waals surface area contributed by atoms with Crippen molar-refractivity contribution >= 4 is 16.8 Å². The summed E-state index contributed by atoms with van der Waals surface area (Å²) in [6.45, 7) is 3.18. The Morgan fingerprint density at radius 1 is 1.43 bits per heavy atom. The lowest BCUT2D eigenvalue weighted by molar-refractivity contribution is 0.101. The molecule has 0 aliphatic rings. The number of carbonyl (C=O) groups excluding carboxylic acids is 1.